The van der Waals surface area contributed by atoms with Crippen LogP contribution in [-0.4, -0.2) is 24.2 Å². The van der Waals surface area contributed by atoms with Crippen molar-refractivity contribution in [1.29, 1.82) is 0 Å². The number of aromatic hydroxyl groups is 1. The molecule has 0 aromatic heterocycles. The van der Waals surface area contributed by atoms with E-state index in [-0.39, 0.29) is 23.3 Å². The molecule has 0 unspecified atom stereocenters. The largest absolute Gasteiger partial charge is 0.506 e. The molecule has 92 valence electrons. The van der Waals surface area contributed by atoms with E-state index < -0.39 is 5.82 Å². The molecule has 2 rings (SSSR count). The third kappa shape index (κ3) is 2.74. The van der Waals surface area contributed by atoms with Gasteiger partial charge in [0.05, 0.1) is 0 Å². The summed E-state index contributed by atoms with van der Waals surface area (Å²) in [5.41, 5.74) is -0.149. The first-order valence-electron chi connectivity index (χ1n) is 5.54. The molecule has 1 amide bonds. The van der Waals surface area contributed by atoms with Crippen molar-refractivity contribution < 1.29 is 19.0 Å². The molecule has 1 aromatic carbocycles. The smallest absolute Gasteiger partial charge is 0.227 e. The van der Waals surface area contributed by atoms with Gasteiger partial charge in [0.2, 0.25) is 5.91 Å². The number of halogens is 1. The van der Waals surface area contributed by atoms with Crippen LogP contribution < -0.4 is 5.32 Å². The van der Waals surface area contributed by atoms with Crippen LogP contribution in [0.25, 0.3) is 0 Å². The average molecular weight is 239 g/mol. The second-order valence-corrected chi connectivity index (χ2v) is 4.01. The predicted octanol–water partition coefficient (Wildman–Crippen LogP) is 1.90. The van der Waals surface area contributed by atoms with Crippen LogP contribution in [0.4, 0.5) is 10.1 Å². The molecular weight excluding hydrogens is 225 g/mol. The van der Waals surface area contributed by atoms with E-state index >= 15 is 0 Å². The summed E-state index contributed by atoms with van der Waals surface area (Å²) >= 11 is 0. The van der Waals surface area contributed by atoms with Gasteiger partial charge in [-0.05, 0) is 25.0 Å². The molecule has 0 atom stereocenters. The Labute approximate surface area is 98.4 Å². The quantitative estimate of drug-likeness (QED) is 0.775. The molecule has 4 nitrogen and oxygen atoms in total. The number of hydrogen-bond acceptors (Lipinski definition) is 3. The third-order valence-electron chi connectivity index (χ3n) is 2.83. The molecular formula is C12H14FNO3. The van der Waals surface area contributed by atoms with Gasteiger partial charge < -0.3 is 15.2 Å². The number of nitrogens with one attached hydrogen (secondary N) is 1. The third-order valence-corrected chi connectivity index (χ3v) is 2.83. The van der Waals surface area contributed by atoms with Crippen LogP contribution in [0, 0.1) is 11.7 Å². The van der Waals surface area contributed by atoms with Crippen LogP contribution >= 0.6 is 0 Å². The van der Waals surface area contributed by atoms with Crippen LogP contribution in [0.2, 0.25) is 0 Å². The first-order chi connectivity index (χ1) is 8.18. The summed E-state index contributed by atoms with van der Waals surface area (Å²) in [6.07, 6.45) is 1.25. The van der Waals surface area contributed by atoms with Crippen molar-refractivity contribution in [2.24, 2.45) is 5.92 Å². The monoisotopic (exact) mass is 239 g/mol. The van der Waals surface area contributed by atoms with E-state index in [4.69, 9.17) is 4.74 Å². The summed E-state index contributed by atoms with van der Waals surface area (Å²) < 4.78 is 18.5. The normalized spacial score (nSPS) is 16.8. The van der Waals surface area contributed by atoms with Gasteiger partial charge in [-0.15, -0.1) is 0 Å². The number of anilines is 1. The van der Waals surface area contributed by atoms with Crippen molar-refractivity contribution in [2.75, 3.05) is 18.5 Å². The van der Waals surface area contributed by atoms with E-state index in [0.717, 1.165) is 0 Å². The van der Waals surface area contributed by atoms with Crippen molar-refractivity contribution in [3.63, 3.8) is 0 Å². The molecule has 1 saturated heterocycles. The zero-order chi connectivity index (χ0) is 12.3. The lowest BCUT2D eigenvalue weighted by atomic mass is 9.99. The summed E-state index contributed by atoms with van der Waals surface area (Å²) in [6.45, 7) is 1.09. The fraction of sp³-hybridized carbons (Fsp3) is 0.417. The minimum absolute atomic E-state index is 0.149. The number of ether oxygens (including phenoxy) is 1. The number of carbonyl (C=O) groups is 1. The van der Waals surface area contributed by atoms with Crippen LogP contribution in [0.1, 0.15) is 12.8 Å². The van der Waals surface area contributed by atoms with Gasteiger partial charge in [-0.1, -0.05) is 6.07 Å². The van der Waals surface area contributed by atoms with Crippen molar-refractivity contribution in [3.8, 4) is 5.75 Å². The summed E-state index contributed by atoms with van der Waals surface area (Å²) in [6, 6.07) is 3.91. The minimum atomic E-state index is -0.634. The Morgan fingerprint density at radius 1 is 1.41 bits per heavy atom. The zero-order valence-electron chi connectivity index (χ0n) is 9.28. The lowest BCUT2D eigenvalue weighted by Crippen LogP contribution is -2.28. The van der Waals surface area contributed by atoms with Crippen LogP contribution in [0.3, 0.4) is 0 Å². The van der Waals surface area contributed by atoms with Gasteiger partial charge in [0.25, 0.3) is 0 Å². The molecule has 1 fully saturated rings. The second-order valence-electron chi connectivity index (χ2n) is 4.01. The topological polar surface area (TPSA) is 58.6 Å². The highest BCUT2D eigenvalue weighted by Crippen LogP contribution is 2.27. The van der Waals surface area contributed by atoms with Gasteiger partial charge >= 0.3 is 0 Å². The number of carbonyl (C=O) groups excluding carboxylic acids is 1. The van der Waals surface area contributed by atoms with Gasteiger partial charge in [-0.3, -0.25) is 4.79 Å². The Bertz CT molecular complexity index is 396. The Hall–Kier alpha value is -1.62. The van der Waals surface area contributed by atoms with E-state index in [1.165, 1.54) is 18.2 Å². The molecule has 1 aliphatic heterocycles. The number of hydrogen-bond donors (Lipinski definition) is 2. The Morgan fingerprint density at radius 3 is 2.76 bits per heavy atom. The highest BCUT2D eigenvalue weighted by atomic mass is 19.1. The maximum Gasteiger partial charge on any atom is 0.227 e. The molecule has 1 aliphatic rings. The number of phenolic OH excluding ortho intramolecular Hbond substituents is 1. The number of amides is 1. The SMILES string of the molecule is O=C(Nc1c(O)cccc1F)C1CCOCC1. The van der Waals surface area contributed by atoms with E-state index in [9.17, 15) is 14.3 Å². The van der Waals surface area contributed by atoms with Crippen LogP contribution in [0.15, 0.2) is 18.2 Å². The number of benzene rings is 1. The van der Waals surface area contributed by atoms with E-state index in [2.05, 4.69) is 5.32 Å². The van der Waals surface area contributed by atoms with Gasteiger partial charge in [-0.2, -0.15) is 0 Å². The molecule has 0 radical (unpaired) electrons. The fourth-order valence-electron chi connectivity index (χ4n) is 1.82. The molecule has 0 spiro atoms. The first-order valence-corrected chi connectivity index (χ1v) is 5.54. The molecule has 0 bridgehead atoms. The Morgan fingerprint density at radius 2 is 2.12 bits per heavy atom. The van der Waals surface area contributed by atoms with E-state index in [1.54, 1.807) is 0 Å². The zero-order valence-corrected chi connectivity index (χ0v) is 9.28. The standard InChI is InChI=1S/C12H14FNO3/c13-9-2-1-3-10(15)11(9)14-12(16)8-4-6-17-7-5-8/h1-3,8,15H,4-7H2,(H,14,16). The van der Waals surface area contributed by atoms with Crippen molar-refractivity contribution in [3.05, 3.63) is 24.0 Å². The molecule has 17 heavy (non-hydrogen) atoms. The number of phenols is 1. The Kier molecular flexibility index (Phi) is 3.58. The van der Waals surface area contributed by atoms with Crippen molar-refractivity contribution in [2.45, 2.75) is 12.8 Å². The second kappa shape index (κ2) is 5.14. The van der Waals surface area contributed by atoms with Crippen molar-refractivity contribution in [1.82, 2.24) is 0 Å². The van der Waals surface area contributed by atoms with Crippen molar-refractivity contribution >= 4 is 11.6 Å². The first kappa shape index (κ1) is 11.9. The summed E-state index contributed by atoms with van der Waals surface area (Å²) in [4.78, 5) is 11.8. The van der Waals surface area contributed by atoms with Gasteiger partial charge in [0.1, 0.15) is 11.4 Å². The van der Waals surface area contributed by atoms with Gasteiger partial charge in [0, 0.05) is 19.1 Å². The molecule has 5 heteroatoms. The summed E-state index contributed by atoms with van der Waals surface area (Å²) in [5.74, 6) is -1.34. The van der Waals surface area contributed by atoms with Gasteiger partial charge in [0.15, 0.2) is 5.82 Å². The maximum absolute atomic E-state index is 13.4. The van der Waals surface area contributed by atoms with Crippen LogP contribution in [-0.2, 0) is 9.53 Å². The Balaban J connectivity index is 2.07. The average Bonchev–Trinajstić information content (AvgIpc) is 2.35. The molecule has 0 saturated carbocycles. The molecule has 1 aromatic rings. The lowest BCUT2D eigenvalue weighted by molar-refractivity contribution is -0.122. The predicted molar refractivity (Wildman–Crippen MR) is 60.2 cm³/mol. The minimum Gasteiger partial charge on any atom is -0.506 e. The maximum atomic E-state index is 13.4. The lowest BCUT2D eigenvalue weighted by Gasteiger charge is -2.21. The molecule has 2 N–H and O–H groups in total. The van der Waals surface area contributed by atoms with E-state index in [1.807, 2.05) is 0 Å². The van der Waals surface area contributed by atoms with E-state index in [0.29, 0.717) is 26.1 Å². The number of rotatable bonds is 2. The van der Waals surface area contributed by atoms with Gasteiger partial charge in [-0.25, -0.2) is 4.39 Å². The number of para-hydroxylation sites is 1. The van der Waals surface area contributed by atoms with Crippen LogP contribution in [0.5, 0.6) is 5.75 Å². The summed E-state index contributed by atoms with van der Waals surface area (Å²) in [5, 5.41) is 11.9. The highest BCUT2D eigenvalue weighted by Gasteiger charge is 2.23. The molecule has 0 aliphatic carbocycles. The fourth-order valence-corrected chi connectivity index (χ4v) is 1.82. The molecule has 1 heterocycles. The summed E-state index contributed by atoms with van der Waals surface area (Å²) in [7, 11) is 0. The highest BCUT2D eigenvalue weighted by molar-refractivity contribution is 5.94.